The average Bonchev–Trinajstić information content (AvgIpc) is 3.04. The molecule has 8 nitrogen and oxygen atoms in total. The zero-order valence-electron chi connectivity index (χ0n) is 10.9. The summed E-state index contributed by atoms with van der Waals surface area (Å²) in [6.07, 6.45) is 4.33. The molecule has 110 valence electrons. The fourth-order valence-electron chi connectivity index (χ4n) is 1.60. The lowest BCUT2D eigenvalue weighted by Crippen LogP contribution is -2.11. The monoisotopic (exact) mass is 300 g/mol. The number of nitrogens with one attached hydrogen (secondary N) is 2. The second-order valence-corrected chi connectivity index (χ2v) is 5.79. The van der Waals surface area contributed by atoms with Crippen LogP contribution in [-0.4, -0.2) is 42.0 Å². The third kappa shape index (κ3) is 3.38. The van der Waals surface area contributed by atoms with Gasteiger partial charge >= 0.3 is 0 Å². The number of methoxy groups -OCH3 is 1. The molecule has 20 heavy (non-hydrogen) atoms. The average molecular weight is 300 g/mol. The lowest BCUT2D eigenvalue weighted by atomic mass is 10.5. The summed E-state index contributed by atoms with van der Waals surface area (Å²) >= 11 is 0. The molecule has 0 saturated heterocycles. The lowest BCUT2D eigenvalue weighted by Gasteiger charge is -2.03. The molecule has 0 atom stereocenters. The summed E-state index contributed by atoms with van der Waals surface area (Å²) in [6.45, 7) is 0.785. The van der Waals surface area contributed by atoms with Crippen LogP contribution in [0.5, 0.6) is 0 Å². The molecule has 9 heteroatoms. The molecular weight excluding hydrogens is 284 g/mol. The number of hydrogen-bond donors (Lipinski definition) is 3. The normalized spacial score (nSPS) is 11.7. The second-order valence-electron chi connectivity index (χ2n) is 4.11. The van der Waals surface area contributed by atoms with E-state index < -0.39 is 10.0 Å². The Bertz CT molecular complexity index is 662. The van der Waals surface area contributed by atoms with Crippen LogP contribution in [-0.2, 0) is 27.9 Å². The Morgan fingerprint density at radius 2 is 2.35 bits per heavy atom. The largest absolute Gasteiger partial charge is 0.390 e. The summed E-state index contributed by atoms with van der Waals surface area (Å²) in [6, 6.07) is 1.37. The number of nitrogens with zero attached hydrogens (tertiary/aromatic N) is 2. The number of aromatic amines is 1. The van der Waals surface area contributed by atoms with Crippen LogP contribution in [0.3, 0.4) is 0 Å². The van der Waals surface area contributed by atoms with Crippen LogP contribution in [0.15, 0.2) is 29.6 Å². The Morgan fingerprint density at radius 1 is 1.55 bits per heavy atom. The topological polar surface area (TPSA) is 109 Å². The number of hydrogen-bond acceptors (Lipinski definition) is 5. The van der Waals surface area contributed by atoms with Crippen LogP contribution in [0.25, 0.3) is 0 Å². The van der Waals surface area contributed by atoms with E-state index in [1.165, 1.54) is 18.5 Å². The predicted octanol–water partition coefficient (Wildman–Crippen LogP) is 0.151. The van der Waals surface area contributed by atoms with Crippen molar-refractivity contribution in [3.63, 3.8) is 0 Å². The van der Waals surface area contributed by atoms with Gasteiger partial charge in [0, 0.05) is 25.2 Å². The van der Waals surface area contributed by atoms with Crippen LogP contribution in [0.1, 0.15) is 5.69 Å². The molecule has 3 N–H and O–H groups in total. The van der Waals surface area contributed by atoms with Gasteiger partial charge in [0.2, 0.25) is 0 Å². The van der Waals surface area contributed by atoms with Crippen LogP contribution in [0, 0.1) is 0 Å². The van der Waals surface area contributed by atoms with Gasteiger partial charge in [-0.1, -0.05) is 0 Å². The Kier molecular flexibility index (Phi) is 4.42. The highest BCUT2D eigenvalue weighted by molar-refractivity contribution is 7.92. The minimum atomic E-state index is -3.69. The minimum absolute atomic E-state index is 0.0613. The summed E-state index contributed by atoms with van der Waals surface area (Å²) in [4.78, 5) is 2.74. The van der Waals surface area contributed by atoms with E-state index in [9.17, 15) is 8.42 Å². The van der Waals surface area contributed by atoms with Crippen molar-refractivity contribution in [2.24, 2.45) is 0 Å². The molecule has 0 spiro atoms. The van der Waals surface area contributed by atoms with Crippen molar-refractivity contribution in [1.82, 2.24) is 14.8 Å². The van der Waals surface area contributed by atoms with Crippen molar-refractivity contribution >= 4 is 15.7 Å². The van der Waals surface area contributed by atoms with Crippen molar-refractivity contribution in [2.75, 3.05) is 18.4 Å². The number of aliphatic hydroxyl groups excluding tert-OH is 1. The number of rotatable bonds is 7. The number of H-pyrrole nitrogens is 1. The molecule has 0 bridgehead atoms. The van der Waals surface area contributed by atoms with Crippen molar-refractivity contribution in [3.05, 3.63) is 30.4 Å². The number of sulfonamides is 1. The first-order valence-electron chi connectivity index (χ1n) is 5.87. The Hall–Kier alpha value is -1.84. The van der Waals surface area contributed by atoms with Gasteiger partial charge in [0.05, 0.1) is 31.6 Å². The third-order valence-corrected chi connectivity index (χ3v) is 3.97. The van der Waals surface area contributed by atoms with Gasteiger partial charge in [-0.25, -0.2) is 8.42 Å². The molecule has 2 aromatic rings. The lowest BCUT2D eigenvalue weighted by molar-refractivity contribution is 0.183. The number of aliphatic hydroxyl groups is 1. The molecule has 0 aromatic carbocycles. The first kappa shape index (κ1) is 14.6. The number of ether oxygens (including phenoxy) is 1. The van der Waals surface area contributed by atoms with E-state index in [1.807, 2.05) is 0 Å². The highest BCUT2D eigenvalue weighted by Crippen LogP contribution is 2.16. The Morgan fingerprint density at radius 3 is 3.00 bits per heavy atom. The molecule has 0 amide bonds. The van der Waals surface area contributed by atoms with Crippen molar-refractivity contribution in [2.45, 2.75) is 18.0 Å². The molecule has 0 unspecified atom stereocenters. The molecular formula is C11H16N4O4S. The van der Waals surface area contributed by atoms with Gasteiger partial charge in [-0.2, -0.15) is 5.10 Å². The fraction of sp³-hybridized carbons (Fsp3) is 0.364. The molecule has 2 heterocycles. The summed E-state index contributed by atoms with van der Waals surface area (Å²) in [5.74, 6) is 0. The Balaban J connectivity index is 2.09. The van der Waals surface area contributed by atoms with Crippen LogP contribution in [0.4, 0.5) is 5.69 Å². The van der Waals surface area contributed by atoms with E-state index in [2.05, 4.69) is 14.8 Å². The number of anilines is 1. The third-order valence-electron chi connectivity index (χ3n) is 2.61. The molecule has 0 saturated carbocycles. The van der Waals surface area contributed by atoms with Gasteiger partial charge in [0.15, 0.2) is 0 Å². The maximum Gasteiger partial charge on any atom is 0.263 e. The quantitative estimate of drug-likeness (QED) is 0.674. The molecule has 0 fully saturated rings. The highest BCUT2D eigenvalue weighted by atomic mass is 32.2. The van der Waals surface area contributed by atoms with Crippen molar-refractivity contribution in [1.29, 1.82) is 0 Å². The maximum atomic E-state index is 12.1. The van der Waals surface area contributed by atoms with Gasteiger partial charge in [0.1, 0.15) is 4.90 Å². The summed E-state index contributed by atoms with van der Waals surface area (Å²) < 4.78 is 33.1. The number of aromatic nitrogens is 3. The van der Waals surface area contributed by atoms with Crippen LogP contribution >= 0.6 is 0 Å². The zero-order chi connectivity index (χ0) is 14.6. The van der Waals surface area contributed by atoms with Crippen LogP contribution in [0.2, 0.25) is 0 Å². The molecule has 0 radical (unpaired) electrons. The zero-order valence-corrected chi connectivity index (χ0v) is 11.7. The highest BCUT2D eigenvalue weighted by Gasteiger charge is 2.16. The first-order chi connectivity index (χ1) is 9.55. The fourth-order valence-corrected chi connectivity index (χ4v) is 2.65. The van der Waals surface area contributed by atoms with Crippen molar-refractivity contribution in [3.8, 4) is 0 Å². The van der Waals surface area contributed by atoms with Crippen molar-refractivity contribution < 1.29 is 18.3 Å². The van der Waals surface area contributed by atoms with Gasteiger partial charge < -0.3 is 14.8 Å². The summed E-state index contributed by atoms with van der Waals surface area (Å²) in [5, 5.41) is 12.9. The maximum absolute atomic E-state index is 12.1. The van der Waals surface area contributed by atoms with Gasteiger partial charge in [-0.3, -0.25) is 9.40 Å². The van der Waals surface area contributed by atoms with Crippen LogP contribution < -0.4 is 4.72 Å². The standard InChI is InChI=1S/C11H16N4O4S/c1-19-3-2-15-7-10(5-13-15)14-20(17,18)11-4-9(8-16)12-6-11/h4-7,12,14,16H,2-3,8H2,1H3. The summed E-state index contributed by atoms with van der Waals surface area (Å²) in [5.41, 5.74) is 0.800. The molecule has 2 aromatic heterocycles. The minimum Gasteiger partial charge on any atom is -0.390 e. The van der Waals surface area contributed by atoms with E-state index in [0.29, 0.717) is 24.5 Å². The molecule has 0 aliphatic rings. The Labute approximate surface area is 116 Å². The SMILES string of the molecule is COCCn1cc(NS(=O)(=O)c2c[nH]c(CO)c2)cn1. The van der Waals surface area contributed by atoms with Gasteiger partial charge in [0.25, 0.3) is 10.0 Å². The second kappa shape index (κ2) is 6.07. The predicted molar refractivity (Wildman–Crippen MR) is 71.6 cm³/mol. The van der Waals surface area contributed by atoms with E-state index in [4.69, 9.17) is 9.84 Å². The van der Waals surface area contributed by atoms with E-state index >= 15 is 0 Å². The van der Waals surface area contributed by atoms with E-state index in [1.54, 1.807) is 18.0 Å². The summed E-state index contributed by atoms with van der Waals surface area (Å²) in [7, 11) is -2.11. The van der Waals surface area contributed by atoms with Gasteiger partial charge in [-0.05, 0) is 6.07 Å². The smallest absolute Gasteiger partial charge is 0.263 e. The molecule has 0 aliphatic heterocycles. The first-order valence-corrected chi connectivity index (χ1v) is 7.36. The van der Waals surface area contributed by atoms with E-state index in [0.717, 1.165) is 0 Å². The van der Waals surface area contributed by atoms with E-state index in [-0.39, 0.29) is 11.5 Å². The van der Waals surface area contributed by atoms with Gasteiger partial charge in [-0.15, -0.1) is 0 Å². The molecule has 2 rings (SSSR count). The molecule has 0 aliphatic carbocycles.